The summed E-state index contributed by atoms with van der Waals surface area (Å²) in [6, 6.07) is 24.7. The number of amides is 6. The van der Waals surface area contributed by atoms with Gasteiger partial charge in [0, 0.05) is 55.8 Å². The van der Waals surface area contributed by atoms with Gasteiger partial charge in [0.15, 0.2) is 0 Å². The molecule has 0 heterocycles. The second kappa shape index (κ2) is 22.6. The van der Waals surface area contributed by atoms with Crippen LogP contribution in [0.15, 0.2) is 175 Å². The lowest BCUT2D eigenvalue weighted by Gasteiger charge is -2.15. The smallest absolute Gasteiger partial charge is 0.322 e. The van der Waals surface area contributed by atoms with Gasteiger partial charge in [0.25, 0.3) is 84.3 Å². The van der Waals surface area contributed by atoms with E-state index in [0.717, 1.165) is 12.1 Å². The summed E-state index contributed by atoms with van der Waals surface area (Å²) < 4.78 is 204. The van der Waals surface area contributed by atoms with Gasteiger partial charge in [0.2, 0.25) is 0 Å². The highest BCUT2D eigenvalue weighted by molar-refractivity contribution is 7.89. The monoisotopic (exact) mass is 1270 g/mol. The Morgan fingerprint density at radius 1 is 0.298 bits per heavy atom. The third kappa shape index (κ3) is 14.2. The lowest BCUT2D eigenvalue weighted by atomic mass is 10.1. The van der Waals surface area contributed by atoms with Crippen molar-refractivity contribution in [3.8, 4) is 0 Å². The Hall–Kier alpha value is -9.11. The largest absolute Gasteiger partial charge is 0.323 e. The first kappa shape index (κ1) is 61.0. The van der Waals surface area contributed by atoms with Crippen LogP contribution < -0.4 is 31.9 Å². The Labute approximate surface area is 474 Å². The van der Waals surface area contributed by atoms with Crippen LogP contribution in [0.25, 0.3) is 21.5 Å². The summed E-state index contributed by atoms with van der Waals surface area (Å²) in [7, 11) is -31.5. The van der Waals surface area contributed by atoms with Crippen molar-refractivity contribution in [2.75, 3.05) is 31.9 Å². The Balaban J connectivity index is 0.927. The Morgan fingerprint density at radius 3 is 1.00 bits per heavy atom. The van der Waals surface area contributed by atoms with Crippen molar-refractivity contribution in [2.45, 2.75) is 29.4 Å². The van der Waals surface area contributed by atoms with Crippen LogP contribution in [0.4, 0.5) is 38.9 Å². The van der Waals surface area contributed by atoms with Gasteiger partial charge in [-0.25, -0.2) is 4.79 Å². The topological polar surface area (TPSA) is 484 Å². The number of fused-ring (bicyclic) bond motifs is 2. The number of benzene rings is 8. The lowest BCUT2D eigenvalue weighted by Crippen LogP contribution is -2.20. The average Bonchev–Trinajstić information content (AvgIpc) is 0.991. The van der Waals surface area contributed by atoms with Crippen LogP contribution in [0.1, 0.15) is 41.4 Å². The molecule has 0 spiro atoms. The fourth-order valence-electron chi connectivity index (χ4n) is 8.06. The molecule has 0 aromatic heterocycles. The summed E-state index contributed by atoms with van der Waals surface area (Å²) in [5, 5.41) is 12.6. The van der Waals surface area contributed by atoms with Crippen LogP contribution >= 0.6 is 0 Å². The molecule has 29 nitrogen and oxygen atoms in total. The predicted octanol–water partition coefficient (Wildman–Crippen LogP) is 6.13. The number of hydrogen-bond donors (Lipinski definition) is 12. The molecular formula is C49H36N6O23S6. The van der Waals surface area contributed by atoms with Crippen molar-refractivity contribution in [3.63, 3.8) is 0 Å². The molecule has 0 fully saturated rings. The summed E-state index contributed by atoms with van der Waals surface area (Å²) >= 11 is 0. The normalized spacial score (nSPS) is 12.3. The van der Waals surface area contributed by atoms with E-state index in [-0.39, 0.29) is 50.4 Å². The molecule has 0 saturated heterocycles. The first-order valence-corrected chi connectivity index (χ1v) is 31.4. The molecular weight excluding hydrogens is 1230 g/mol. The van der Waals surface area contributed by atoms with E-state index in [1.54, 1.807) is 0 Å². The predicted molar refractivity (Wildman–Crippen MR) is 297 cm³/mol. The van der Waals surface area contributed by atoms with Crippen molar-refractivity contribution in [2.24, 2.45) is 0 Å². The van der Waals surface area contributed by atoms with Gasteiger partial charge in [0.1, 0.15) is 14.7 Å². The minimum absolute atomic E-state index is 0.00650. The third-order valence-electron chi connectivity index (χ3n) is 11.7. The summed E-state index contributed by atoms with van der Waals surface area (Å²) in [5.74, 6) is -3.67. The standard InChI is InChI=1S/C49H36N6O23S6/c56-45(50-31-9-1-7-27(13-31)47(58)54-39-21-35(79(61,62)63)17-29-20-41(82(70,71)72)42(24-38(29)39)83(73,74)75)25-5-3-11-33(15-25)52-49(60)53-34-12-4-6-26(16-34)46(57)51-32-10-2-8-28(14-32)48(59)55-40-22-36(80(64,65)66)18-30-19-37(81(67,68)69)23-43(44(30)40)84(76,77)78/h1-24H,(H,50,56)(H,51,57)(H,54,58)(H,55,59)(H2,52,53,60)(H,61,62,63)(H,64,65,66)(H,67,68,69)(H,70,71,72)(H,73,74,75)(H,76,77,78). The molecule has 84 heavy (non-hydrogen) atoms. The highest BCUT2D eigenvalue weighted by Gasteiger charge is 2.29. The second-order valence-electron chi connectivity index (χ2n) is 17.6. The van der Waals surface area contributed by atoms with Crippen molar-refractivity contribution in [3.05, 3.63) is 168 Å². The van der Waals surface area contributed by atoms with E-state index in [4.69, 9.17) is 0 Å². The first-order valence-electron chi connectivity index (χ1n) is 22.7. The number of carbonyl (C=O) groups excluding carboxylic acids is 5. The van der Waals surface area contributed by atoms with Crippen LogP contribution in [0.5, 0.6) is 0 Å². The molecule has 6 amide bonds. The molecule has 436 valence electrons. The van der Waals surface area contributed by atoms with Crippen LogP contribution in [0, 0.1) is 0 Å². The molecule has 8 aromatic rings. The molecule has 35 heteroatoms. The Bertz CT molecular complexity index is 4900. The zero-order valence-corrected chi connectivity index (χ0v) is 46.3. The molecule has 8 rings (SSSR count). The molecule has 12 N–H and O–H groups in total. The number of urea groups is 1. The number of carbonyl (C=O) groups is 5. The van der Waals surface area contributed by atoms with Crippen molar-refractivity contribution in [1.82, 2.24) is 0 Å². The summed E-state index contributed by atoms with van der Waals surface area (Å²) in [6.07, 6.45) is 0. The van der Waals surface area contributed by atoms with Gasteiger partial charge < -0.3 is 31.9 Å². The quantitative estimate of drug-likeness (QED) is 0.0484. The second-order valence-corrected chi connectivity index (χ2v) is 26.0. The molecule has 0 unspecified atom stereocenters. The number of rotatable bonds is 16. The van der Waals surface area contributed by atoms with E-state index in [1.165, 1.54) is 84.9 Å². The minimum atomic E-state index is -5.38. The van der Waals surface area contributed by atoms with Crippen LogP contribution in [-0.2, 0) is 60.7 Å². The van der Waals surface area contributed by atoms with Crippen molar-refractivity contribution < 1.29 is 102 Å². The Morgan fingerprint density at radius 2 is 0.619 bits per heavy atom. The molecule has 0 saturated carbocycles. The fraction of sp³-hybridized carbons (Fsp3) is 0. The fourth-order valence-corrected chi connectivity index (χ4v) is 12.3. The zero-order chi connectivity index (χ0) is 61.6. The summed E-state index contributed by atoms with van der Waals surface area (Å²) in [5.41, 5.74) is -1.57. The van der Waals surface area contributed by atoms with Gasteiger partial charge in [-0.2, -0.15) is 50.5 Å². The molecule has 0 bridgehead atoms. The Kier molecular flexibility index (Phi) is 16.4. The van der Waals surface area contributed by atoms with Gasteiger partial charge in [0.05, 0.1) is 26.1 Å². The SMILES string of the molecule is O=C(Nc1cccc(C(=O)Nc2cccc(C(=O)Nc3cc(S(=O)(=O)O)cc4cc(S(=O)(=O)O)c(S(=O)(=O)O)cc34)c2)c1)Nc1cccc(C(=O)Nc2cccc(C(=O)Nc3cc(S(=O)(=O)O)cc4cc(S(=O)(=O)O)cc(S(=O)(=O)O)c34)c2)c1. The summed E-state index contributed by atoms with van der Waals surface area (Å²) in [4.78, 5) is 60.4. The first-order chi connectivity index (χ1) is 38.9. The maximum absolute atomic E-state index is 13.6. The third-order valence-corrected chi connectivity index (χ3v) is 17.0. The van der Waals surface area contributed by atoms with Gasteiger partial charge in [-0.15, -0.1) is 0 Å². The number of nitrogens with one attached hydrogen (secondary N) is 6. The van der Waals surface area contributed by atoms with Crippen LogP contribution in [-0.4, -0.2) is 107 Å². The number of anilines is 6. The molecule has 8 aromatic carbocycles. The van der Waals surface area contributed by atoms with Crippen LogP contribution in [0.3, 0.4) is 0 Å². The van der Waals surface area contributed by atoms with E-state index < -0.39 is 147 Å². The van der Waals surface area contributed by atoms with E-state index >= 15 is 0 Å². The van der Waals surface area contributed by atoms with Gasteiger partial charge >= 0.3 is 6.03 Å². The maximum Gasteiger partial charge on any atom is 0.323 e. The van der Waals surface area contributed by atoms with Gasteiger partial charge in [-0.3, -0.25) is 46.5 Å². The maximum atomic E-state index is 13.6. The van der Waals surface area contributed by atoms with E-state index in [1.807, 2.05) is 0 Å². The molecule has 0 radical (unpaired) electrons. The zero-order valence-electron chi connectivity index (χ0n) is 41.4. The van der Waals surface area contributed by atoms with Crippen molar-refractivity contribution in [1.29, 1.82) is 0 Å². The lowest BCUT2D eigenvalue weighted by molar-refractivity contribution is 0.101. The highest BCUT2D eigenvalue weighted by atomic mass is 32.2. The molecule has 0 aliphatic rings. The van der Waals surface area contributed by atoms with E-state index in [0.29, 0.717) is 48.5 Å². The minimum Gasteiger partial charge on any atom is -0.322 e. The van der Waals surface area contributed by atoms with E-state index in [9.17, 15) is 102 Å². The van der Waals surface area contributed by atoms with Gasteiger partial charge in [-0.05, 0) is 132 Å². The molecule has 0 atom stereocenters. The summed E-state index contributed by atoms with van der Waals surface area (Å²) in [6.45, 7) is 0. The van der Waals surface area contributed by atoms with E-state index in [2.05, 4.69) is 31.9 Å². The van der Waals surface area contributed by atoms with Crippen molar-refractivity contribution >= 4 is 146 Å². The number of hydrogen-bond acceptors (Lipinski definition) is 17. The average molecular weight is 1270 g/mol. The highest BCUT2D eigenvalue weighted by Crippen LogP contribution is 2.37. The van der Waals surface area contributed by atoms with Crippen LogP contribution in [0.2, 0.25) is 0 Å². The van der Waals surface area contributed by atoms with Gasteiger partial charge in [-0.1, -0.05) is 24.3 Å². The molecule has 0 aliphatic carbocycles. The molecule has 0 aliphatic heterocycles.